The minimum absolute atomic E-state index is 0.141. The number of rotatable bonds is 3. The van der Waals surface area contributed by atoms with Crippen LogP contribution >= 0.6 is 0 Å². The Balaban J connectivity index is 2.50. The van der Waals surface area contributed by atoms with Crippen molar-refractivity contribution in [1.29, 1.82) is 0 Å². The van der Waals surface area contributed by atoms with E-state index in [2.05, 4.69) is 11.6 Å². The van der Waals surface area contributed by atoms with E-state index in [9.17, 15) is 8.42 Å². The summed E-state index contributed by atoms with van der Waals surface area (Å²) in [6, 6.07) is 0.141. The van der Waals surface area contributed by atoms with Crippen molar-refractivity contribution in [3.8, 4) is 0 Å². The highest BCUT2D eigenvalue weighted by molar-refractivity contribution is 7.87. The van der Waals surface area contributed by atoms with Crippen molar-refractivity contribution in [2.75, 3.05) is 14.1 Å². The average molecular weight is 206 g/mol. The first-order valence-corrected chi connectivity index (χ1v) is 6.05. The molecule has 1 aliphatic rings. The molecule has 78 valence electrons. The topological polar surface area (TPSA) is 49.4 Å². The second kappa shape index (κ2) is 3.94. The van der Waals surface area contributed by atoms with Gasteiger partial charge < -0.3 is 0 Å². The van der Waals surface area contributed by atoms with E-state index in [1.54, 1.807) is 14.1 Å². The molecule has 1 rings (SSSR count). The lowest BCUT2D eigenvalue weighted by molar-refractivity contribution is 0.482. The molecule has 2 unspecified atom stereocenters. The Bertz CT molecular complexity index is 261. The molecule has 13 heavy (non-hydrogen) atoms. The van der Waals surface area contributed by atoms with Crippen LogP contribution in [0.15, 0.2) is 0 Å². The fraction of sp³-hybridized carbons (Fsp3) is 1.00. The highest BCUT2D eigenvalue weighted by Crippen LogP contribution is 2.25. The maximum absolute atomic E-state index is 11.4. The van der Waals surface area contributed by atoms with Gasteiger partial charge in [0.1, 0.15) is 0 Å². The molecule has 0 saturated heterocycles. The number of hydrogen-bond acceptors (Lipinski definition) is 2. The van der Waals surface area contributed by atoms with Crippen molar-refractivity contribution in [3.63, 3.8) is 0 Å². The van der Waals surface area contributed by atoms with Crippen molar-refractivity contribution in [2.45, 2.75) is 32.2 Å². The first-order valence-electron chi connectivity index (χ1n) is 4.61. The minimum Gasteiger partial charge on any atom is -0.199 e. The van der Waals surface area contributed by atoms with E-state index in [0.717, 1.165) is 19.3 Å². The quantitative estimate of drug-likeness (QED) is 0.734. The van der Waals surface area contributed by atoms with Crippen LogP contribution in [0.2, 0.25) is 0 Å². The predicted octanol–water partition coefficient (Wildman–Crippen LogP) is 0.571. The van der Waals surface area contributed by atoms with Gasteiger partial charge in [-0.25, -0.2) is 0 Å². The summed E-state index contributed by atoms with van der Waals surface area (Å²) < 4.78 is 26.7. The summed E-state index contributed by atoms with van der Waals surface area (Å²) in [6.07, 6.45) is 3.06. The van der Waals surface area contributed by atoms with Crippen LogP contribution in [0.4, 0.5) is 0 Å². The monoisotopic (exact) mass is 206 g/mol. The Morgan fingerprint density at radius 3 is 2.31 bits per heavy atom. The standard InChI is InChI=1S/C8H18N2O2S/c1-7-4-5-8(6-7)9-13(11,12)10(2)3/h7-9H,4-6H2,1-3H3. The summed E-state index contributed by atoms with van der Waals surface area (Å²) in [7, 11) is -0.137. The van der Waals surface area contributed by atoms with Crippen LogP contribution in [0.25, 0.3) is 0 Å². The van der Waals surface area contributed by atoms with Crippen molar-refractivity contribution in [2.24, 2.45) is 5.92 Å². The van der Waals surface area contributed by atoms with E-state index in [1.165, 1.54) is 4.31 Å². The minimum atomic E-state index is -3.22. The molecule has 5 heteroatoms. The molecule has 0 radical (unpaired) electrons. The fourth-order valence-corrected chi connectivity index (χ4v) is 2.48. The van der Waals surface area contributed by atoms with Gasteiger partial charge >= 0.3 is 0 Å². The zero-order valence-electron chi connectivity index (χ0n) is 8.45. The van der Waals surface area contributed by atoms with E-state index in [4.69, 9.17) is 0 Å². The number of nitrogens with zero attached hydrogens (tertiary/aromatic N) is 1. The lowest BCUT2D eigenvalue weighted by Crippen LogP contribution is -2.40. The fourth-order valence-electron chi connectivity index (χ4n) is 1.63. The van der Waals surface area contributed by atoms with Crippen molar-refractivity contribution in [3.05, 3.63) is 0 Å². The largest absolute Gasteiger partial charge is 0.279 e. The molecule has 1 saturated carbocycles. The Morgan fingerprint density at radius 2 is 1.92 bits per heavy atom. The van der Waals surface area contributed by atoms with Crippen LogP contribution in [0, 0.1) is 5.92 Å². The normalized spacial score (nSPS) is 29.8. The van der Waals surface area contributed by atoms with Gasteiger partial charge in [0.25, 0.3) is 10.2 Å². The van der Waals surface area contributed by atoms with Gasteiger partial charge in [0.05, 0.1) is 0 Å². The Kier molecular flexibility index (Phi) is 3.32. The first-order chi connectivity index (χ1) is 5.92. The van der Waals surface area contributed by atoms with Crippen LogP contribution in [0.5, 0.6) is 0 Å². The van der Waals surface area contributed by atoms with Crippen LogP contribution in [0.3, 0.4) is 0 Å². The van der Waals surface area contributed by atoms with E-state index in [0.29, 0.717) is 5.92 Å². The molecule has 1 fully saturated rings. The average Bonchev–Trinajstić information content (AvgIpc) is 2.34. The van der Waals surface area contributed by atoms with Gasteiger partial charge in [-0.1, -0.05) is 6.92 Å². The molecule has 0 spiro atoms. The van der Waals surface area contributed by atoms with Gasteiger partial charge in [0.2, 0.25) is 0 Å². The summed E-state index contributed by atoms with van der Waals surface area (Å²) in [4.78, 5) is 0. The second-order valence-corrected chi connectivity index (χ2v) is 5.94. The third kappa shape index (κ3) is 2.93. The van der Waals surface area contributed by atoms with Crippen molar-refractivity contribution >= 4 is 10.2 Å². The van der Waals surface area contributed by atoms with Gasteiger partial charge in [0, 0.05) is 20.1 Å². The van der Waals surface area contributed by atoms with E-state index < -0.39 is 10.2 Å². The van der Waals surface area contributed by atoms with Crippen LogP contribution in [-0.2, 0) is 10.2 Å². The second-order valence-electron chi connectivity index (χ2n) is 4.02. The van der Waals surface area contributed by atoms with E-state index >= 15 is 0 Å². The molecule has 0 amide bonds. The molecule has 0 aromatic heterocycles. The Hall–Kier alpha value is -0.130. The van der Waals surface area contributed by atoms with Crippen LogP contribution in [0.1, 0.15) is 26.2 Å². The van der Waals surface area contributed by atoms with E-state index in [-0.39, 0.29) is 6.04 Å². The summed E-state index contributed by atoms with van der Waals surface area (Å²) in [5.41, 5.74) is 0. The van der Waals surface area contributed by atoms with Gasteiger partial charge in [0.15, 0.2) is 0 Å². The molecule has 0 bridgehead atoms. The molecule has 4 nitrogen and oxygen atoms in total. The van der Waals surface area contributed by atoms with Crippen molar-refractivity contribution < 1.29 is 8.42 Å². The maximum Gasteiger partial charge on any atom is 0.279 e. The summed E-state index contributed by atoms with van der Waals surface area (Å²) in [5, 5.41) is 0. The zero-order valence-corrected chi connectivity index (χ0v) is 9.26. The predicted molar refractivity (Wildman–Crippen MR) is 52.5 cm³/mol. The third-order valence-electron chi connectivity index (χ3n) is 2.49. The molecule has 1 aliphatic carbocycles. The highest BCUT2D eigenvalue weighted by Gasteiger charge is 2.26. The van der Waals surface area contributed by atoms with E-state index in [1.807, 2.05) is 0 Å². The first kappa shape index (κ1) is 10.9. The number of nitrogens with one attached hydrogen (secondary N) is 1. The van der Waals surface area contributed by atoms with Gasteiger partial charge in [-0.15, -0.1) is 0 Å². The highest BCUT2D eigenvalue weighted by atomic mass is 32.2. The Labute approximate surface area is 80.5 Å². The summed E-state index contributed by atoms with van der Waals surface area (Å²) in [5.74, 6) is 0.648. The molecule has 2 atom stereocenters. The van der Waals surface area contributed by atoms with Gasteiger partial charge in [-0.3, -0.25) is 0 Å². The summed E-state index contributed by atoms with van der Waals surface area (Å²) >= 11 is 0. The van der Waals surface area contributed by atoms with Crippen LogP contribution < -0.4 is 4.72 Å². The molecule has 0 heterocycles. The zero-order chi connectivity index (χ0) is 10.1. The lowest BCUT2D eigenvalue weighted by atomic mass is 10.1. The Morgan fingerprint density at radius 1 is 1.31 bits per heavy atom. The number of hydrogen-bond donors (Lipinski definition) is 1. The van der Waals surface area contributed by atoms with Crippen molar-refractivity contribution in [1.82, 2.24) is 9.03 Å². The summed E-state index contributed by atoms with van der Waals surface area (Å²) in [6.45, 7) is 2.16. The molecule has 1 N–H and O–H groups in total. The van der Waals surface area contributed by atoms with Crippen LogP contribution in [-0.4, -0.2) is 32.9 Å². The molecule has 0 aromatic rings. The molecule has 0 aromatic carbocycles. The maximum atomic E-state index is 11.4. The van der Waals surface area contributed by atoms with Gasteiger partial charge in [-0.2, -0.15) is 17.4 Å². The molecular weight excluding hydrogens is 188 g/mol. The SMILES string of the molecule is CC1CCC(NS(=O)(=O)N(C)C)C1. The smallest absolute Gasteiger partial charge is 0.199 e. The molecule has 0 aliphatic heterocycles. The van der Waals surface area contributed by atoms with Gasteiger partial charge in [-0.05, 0) is 25.2 Å². The third-order valence-corrected chi connectivity index (χ3v) is 4.08. The lowest BCUT2D eigenvalue weighted by Gasteiger charge is -2.16. The molecular formula is C8H18N2O2S.